The molecule has 1 aliphatic carbocycles. The highest BCUT2D eigenvalue weighted by Gasteiger charge is 2.32. The van der Waals surface area contributed by atoms with Gasteiger partial charge in [0, 0.05) is 23.9 Å². The van der Waals surface area contributed by atoms with Gasteiger partial charge in [0.2, 0.25) is 0 Å². The van der Waals surface area contributed by atoms with Crippen molar-refractivity contribution in [2.75, 3.05) is 25.9 Å². The summed E-state index contributed by atoms with van der Waals surface area (Å²) in [5, 5.41) is 4.48. The fourth-order valence-corrected chi connectivity index (χ4v) is 4.06. The van der Waals surface area contributed by atoms with Crippen LogP contribution in [-0.2, 0) is 0 Å². The molecule has 2 nitrogen and oxygen atoms in total. The van der Waals surface area contributed by atoms with Gasteiger partial charge in [-0.15, -0.1) is 0 Å². The van der Waals surface area contributed by atoms with Gasteiger partial charge in [-0.3, -0.25) is 4.90 Å². The monoisotopic (exact) mass is 228 g/mol. The van der Waals surface area contributed by atoms with E-state index in [0.717, 1.165) is 11.3 Å². The van der Waals surface area contributed by atoms with Crippen LogP contribution in [0.15, 0.2) is 0 Å². The maximum Gasteiger partial charge on any atom is 0.0215 e. The zero-order valence-corrected chi connectivity index (χ0v) is 10.9. The van der Waals surface area contributed by atoms with E-state index in [1.807, 2.05) is 0 Å². The van der Waals surface area contributed by atoms with Crippen molar-refractivity contribution in [3.63, 3.8) is 0 Å². The van der Waals surface area contributed by atoms with Gasteiger partial charge in [-0.05, 0) is 45.5 Å². The van der Waals surface area contributed by atoms with Gasteiger partial charge >= 0.3 is 0 Å². The lowest BCUT2D eigenvalue weighted by Gasteiger charge is -2.32. The first-order valence-electron chi connectivity index (χ1n) is 6.31. The molecule has 0 radical (unpaired) electrons. The van der Waals surface area contributed by atoms with Gasteiger partial charge in [-0.25, -0.2) is 0 Å². The lowest BCUT2D eigenvalue weighted by Crippen LogP contribution is -2.44. The first-order chi connectivity index (χ1) is 7.31. The number of hydrogen-bond donors (Lipinski definition) is 1. The summed E-state index contributed by atoms with van der Waals surface area (Å²) in [6.07, 6.45) is 7.90. The smallest absolute Gasteiger partial charge is 0.0215 e. The SMILES string of the molecule is CSC1CCCC1N1CCCNC(C)C1. The Morgan fingerprint density at radius 1 is 1.27 bits per heavy atom. The third-order valence-corrected chi connectivity index (χ3v) is 4.97. The van der Waals surface area contributed by atoms with Crippen LogP contribution in [0.1, 0.15) is 32.6 Å². The molecule has 2 aliphatic rings. The largest absolute Gasteiger partial charge is 0.313 e. The number of thioether (sulfide) groups is 1. The van der Waals surface area contributed by atoms with Crippen molar-refractivity contribution in [1.29, 1.82) is 0 Å². The van der Waals surface area contributed by atoms with Crippen molar-refractivity contribution in [1.82, 2.24) is 10.2 Å². The highest BCUT2D eigenvalue weighted by molar-refractivity contribution is 7.99. The van der Waals surface area contributed by atoms with Crippen LogP contribution >= 0.6 is 11.8 Å². The molecular weight excluding hydrogens is 204 g/mol. The van der Waals surface area contributed by atoms with Crippen LogP contribution in [0.3, 0.4) is 0 Å². The van der Waals surface area contributed by atoms with Gasteiger partial charge in [0.05, 0.1) is 0 Å². The summed E-state index contributed by atoms with van der Waals surface area (Å²) >= 11 is 2.08. The molecule has 0 amide bonds. The molecular formula is C12H24N2S. The maximum atomic E-state index is 3.58. The first-order valence-corrected chi connectivity index (χ1v) is 7.60. The number of rotatable bonds is 2. The average Bonchev–Trinajstić information content (AvgIpc) is 2.61. The minimum absolute atomic E-state index is 0.676. The van der Waals surface area contributed by atoms with Crippen molar-refractivity contribution in [3.8, 4) is 0 Å². The molecule has 1 aliphatic heterocycles. The first kappa shape index (κ1) is 11.7. The quantitative estimate of drug-likeness (QED) is 0.778. The number of nitrogens with zero attached hydrogens (tertiary/aromatic N) is 1. The predicted molar refractivity (Wildman–Crippen MR) is 68.6 cm³/mol. The van der Waals surface area contributed by atoms with Crippen LogP contribution in [0.5, 0.6) is 0 Å². The molecule has 15 heavy (non-hydrogen) atoms. The van der Waals surface area contributed by atoms with Crippen LogP contribution in [0.25, 0.3) is 0 Å². The molecule has 0 aromatic heterocycles. The topological polar surface area (TPSA) is 15.3 Å². The van der Waals surface area contributed by atoms with E-state index in [4.69, 9.17) is 0 Å². The van der Waals surface area contributed by atoms with Gasteiger partial charge < -0.3 is 5.32 Å². The second-order valence-corrected chi connectivity index (χ2v) is 6.05. The minimum atomic E-state index is 0.676. The normalized spacial score (nSPS) is 39.2. The zero-order chi connectivity index (χ0) is 10.7. The van der Waals surface area contributed by atoms with Crippen LogP contribution < -0.4 is 5.32 Å². The molecule has 1 N–H and O–H groups in total. The Bertz CT molecular complexity index is 198. The molecule has 0 spiro atoms. The van der Waals surface area contributed by atoms with Gasteiger partial charge in [0.15, 0.2) is 0 Å². The second kappa shape index (κ2) is 5.55. The van der Waals surface area contributed by atoms with E-state index in [1.165, 1.54) is 45.3 Å². The predicted octanol–water partition coefficient (Wildman–Crippen LogP) is 1.95. The summed E-state index contributed by atoms with van der Waals surface area (Å²) in [5.41, 5.74) is 0. The average molecular weight is 228 g/mol. The van der Waals surface area contributed by atoms with E-state index in [0.29, 0.717) is 6.04 Å². The lowest BCUT2D eigenvalue weighted by atomic mass is 10.2. The van der Waals surface area contributed by atoms with E-state index in [2.05, 4.69) is 35.2 Å². The molecule has 0 aromatic rings. The van der Waals surface area contributed by atoms with Crippen LogP contribution in [0.4, 0.5) is 0 Å². The third kappa shape index (κ3) is 2.89. The fourth-order valence-electron chi connectivity index (χ4n) is 3.04. The van der Waals surface area contributed by atoms with E-state index in [-0.39, 0.29) is 0 Å². The Morgan fingerprint density at radius 2 is 2.13 bits per heavy atom. The zero-order valence-electron chi connectivity index (χ0n) is 10.0. The Morgan fingerprint density at radius 3 is 2.93 bits per heavy atom. The van der Waals surface area contributed by atoms with Crippen LogP contribution in [0.2, 0.25) is 0 Å². The highest BCUT2D eigenvalue weighted by atomic mass is 32.2. The summed E-state index contributed by atoms with van der Waals surface area (Å²) in [6.45, 7) is 6.08. The van der Waals surface area contributed by atoms with Gasteiger partial charge in [0.1, 0.15) is 0 Å². The molecule has 2 rings (SSSR count). The van der Waals surface area contributed by atoms with Gasteiger partial charge in [-0.1, -0.05) is 6.42 Å². The van der Waals surface area contributed by atoms with Crippen LogP contribution in [-0.4, -0.2) is 48.1 Å². The molecule has 0 bridgehead atoms. The van der Waals surface area contributed by atoms with Crippen molar-refractivity contribution in [2.24, 2.45) is 0 Å². The number of nitrogens with one attached hydrogen (secondary N) is 1. The molecule has 3 atom stereocenters. The van der Waals surface area contributed by atoms with E-state index < -0.39 is 0 Å². The standard InChI is InChI=1S/C12H24N2S/c1-10-9-14(8-4-7-13-10)11-5-3-6-12(11)15-2/h10-13H,3-9H2,1-2H3. The minimum Gasteiger partial charge on any atom is -0.313 e. The molecule has 88 valence electrons. The van der Waals surface area contributed by atoms with Gasteiger partial charge in [0.25, 0.3) is 0 Å². The highest BCUT2D eigenvalue weighted by Crippen LogP contribution is 2.32. The van der Waals surface area contributed by atoms with E-state index in [1.54, 1.807) is 0 Å². The third-order valence-electron chi connectivity index (χ3n) is 3.81. The summed E-state index contributed by atoms with van der Waals surface area (Å²) in [6, 6.07) is 1.54. The summed E-state index contributed by atoms with van der Waals surface area (Å²) in [5.74, 6) is 0. The molecule has 2 fully saturated rings. The summed E-state index contributed by atoms with van der Waals surface area (Å²) in [7, 11) is 0. The molecule has 0 aromatic carbocycles. The van der Waals surface area contributed by atoms with E-state index >= 15 is 0 Å². The number of hydrogen-bond acceptors (Lipinski definition) is 3. The maximum absolute atomic E-state index is 3.58. The van der Waals surface area contributed by atoms with Crippen molar-refractivity contribution < 1.29 is 0 Å². The second-order valence-electron chi connectivity index (χ2n) is 4.98. The van der Waals surface area contributed by atoms with Crippen molar-refractivity contribution in [2.45, 2.75) is 49.9 Å². The van der Waals surface area contributed by atoms with E-state index in [9.17, 15) is 0 Å². The fraction of sp³-hybridized carbons (Fsp3) is 1.00. The summed E-state index contributed by atoms with van der Waals surface area (Å²) < 4.78 is 0. The molecule has 3 heteroatoms. The molecule has 1 heterocycles. The van der Waals surface area contributed by atoms with Crippen molar-refractivity contribution in [3.05, 3.63) is 0 Å². The Kier molecular flexibility index (Phi) is 4.35. The van der Waals surface area contributed by atoms with Crippen molar-refractivity contribution >= 4 is 11.8 Å². The lowest BCUT2D eigenvalue weighted by molar-refractivity contribution is 0.202. The van der Waals surface area contributed by atoms with Gasteiger partial charge in [-0.2, -0.15) is 11.8 Å². The Balaban J connectivity index is 1.95. The molecule has 1 saturated heterocycles. The molecule has 3 unspecified atom stereocenters. The Labute approximate surface area is 98.2 Å². The van der Waals surface area contributed by atoms with Crippen LogP contribution in [0, 0.1) is 0 Å². The Hall–Kier alpha value is 0.270. The molecule has 1 saturated carbocycles. The summed E-state index contributed by atoms with van der Waals surface area (Å²) in [4.78, 5) is 2.75.